The minimum Gasteiger partial charge on any atom is -0.368 e. The normalized spacial score (nSPS) is 9.73. The molecule has 2 amide bonds. The molecule has 0 unspecified atom stereocenters. The van der Waals surface area contributed by atoms with E-state index in [0.29, 0.717) is 5.02 Å². The average Bonchev–Trinajstić information content (AvgIpc) is 2.14. The van der Waals surface area contributed by atoms with E-state index >= 15 is 0 Å². The molecule has 3 N–H and O–H groups in total. The van der Waals surface area contributed by atoms with Gasteiger partial charge in [-0.3, -0.25) is 9.59 Å². The van der Waals surface area contributed by atoms with Crippen LogP contribution in [0, 0.1) is 0 Å². The van der Waals surface area contributed by atoms with Crippen LogP contribution in [0.4, 0.5) is 0 Å². The molecular weight excluding hydrogens is 239 g/mol. The molecule has 0 bridgehead atoms. The Kier molecular flexibility index (Phi) is 3.94. The third-order valence-corrected chi connectivity index (χ3v) is 2.15. The van der Waals surface area contributed by atoms with E-state index in [1.54, 1.807) is 0 Å². The molecule has 1 aromatic carbocycles. The van der Waals surface area contributed by atoms with Crippen LogP contribution in [0.1, 0.15) is 10.4 Å². The van der Waals surface area contributed by atoms with Crippen LogP contribution in [-0.2, 0) is 4.79 Å². The number of primary amides is 1. The lowest BCUT2D eigenvalue weighted by atomic mass is 10.2. The number of benzene rings is 1. The number of rotatable bonds is 3. The molecule has 1 aromatic rings. The predicted molar refractivity (Wildman–Crippen MR) is 58.0 cm³/mol. The molecule has 4 nitrogen and oxygen atoms in total. The number of hydrogen-bond acceptors (Lipinski definition) is 2. The van der Waals surface area contributed by atoms with Crippen LogP contribution in [-0.4, -0.2) is 18.4 Å². The van der Waals surface area contributed by atoms with Gasteiger partial charge in [0, 0.05) is 5.02 Å². The van der Waals surface area contributed by atoms with Gasteiger partial charge in [-0.05, 0) is 18.2 Å². The fraction of sp³-hybridized carbons (Fsp3) is 0.111. The van der Waals surface area contributed by atoms with Crippen LogP contribution in [0.2, 0.25) is 10.0 Å². The van der Waals surface area contributed by atoms with Gasteiger partial charge in [0.25, 0.3) is 5.91 Å². The first kappa shape index (κ1) is 11.8. The first-order valence-electron chi connectivity index (χ1n) is 4.02. The fourth-order valence-electron chi connectivity index (χ4n) is 0.936. The highest BCUT2D eigenvalue weighted by molar-refractivity contribution is 6.36. The number of halogens is 2. The van der Waals surface area contributed by atoms with Crippen molar-refractivity contribution in [1.82, 2.24) is 5.32 Å². The molecule has 0 spiro atoms. The van der Waals surface area contributed by atoms with Crippen LogP contribution in [0.5, 0.6) is 0 Å². The van der Waals surface area contributed by atoms with Gasteiger partial charge >= 0.3 is 0 Å². The van der Waals surface area contributed by atoms with Gasteiger partial charge in [0.1, 0.15) is 0 Å². The maximum atomic E-state index is 11.4. The molecule has 80 valence electrons. The van der Waals surface area contributed by atoms with Gasteiger partial charge in [-0.15, -0.1) is 0 Å². The van der Waals surface area contributed by atoms with Gasteiger partial charge in [0.15, 0.2) is 0 Å². The Hall–Kier alpha value is -1.26. The van der Waals surface area contributed by atoms with Crippen molar-refractivity contribution in [1.29, 1.82) is 0 Å². The van der Waals surface area contributed by atoms with Crippen molar-refractivity contribution in [2.75, 3.05) is 6.54 Å². The second-order valence-corrected chi connectivity index (χ2v) is 3.62. The van der Waals surface area contributed by atoms with Crippen LogP contribution in [0.25, 0.3) is 0 Å². The molecule has 0 atom stereocenters. The minimum atomic E-state index is -0.617. The summed E-state index contributed by atoms with van der Waals surface area (Å²) in [6.07, 6.45) is 0. The maximum Gasteiger partial charge on any atom is 0.253 e. The molecule has 15 heavy (non-hydrogen) atoms. The third-order valence-electron chi connectivity index (χ3n) is 1.60. The monoisotopic (exact) mass is 246 g/mol. The summed E-state index contributed by atoms with van der Waals surface area (Å²) >= 11 is 11.4. The summed E-state index contributed by atoms with van der Waals surface area (Å²) in [5.74, 6) is -1.08. The molecule has 0 fully saturated rings. The molecule has 1 rings (SSSR count). The quantitative estimate of drug-likeness (QED) is 0.842. The van der Waals surface area contributed by atoms with E-state index in [9.17, 15) is 9.59 Å². The summed E-state index contributed by atoms with van der Waals surface area (Å²) < 4.78 is 0. The highest BCUT2D eigenvalue weighted by Crippen LogP contribution is 2.20. The van der Waals surface area contributed by atoms with Crippen molar-refractivity contribution in [3.63, 3.8) is 0 Å². The molecular formula is C9H8Cl2N2O2. The first-order chi connectivity index (χ1) is 7.00. The van der Waals surface area contributed by atoms with Crippen molar-refractivity contribution in [2.24, 2.45) is 5.73 Å². The summed E-state index contributed by atoms with van der Waals surface area (Å²) in [4.78, 5) is 21.9. The van der Waals surface area contributed by atoms with Crippen LogP contribution in [0.3, 0.4) is 0 Å². The van der Waals surface area contributed by atoms with E-state index in [1.807, 2.05) is 0 Å². The number of carbonyl (C=O) groups excluding carboxylic acids is 2. The first-order valence-corrected chi connectivity index (χ1v) is 4.78. The number of amides is 2. The van der Waals surface area contributed by atoms with Crippen LogP contribution < -0.4 is 11.1 Å². The number of hydrogen-bond donors (Lipinski definition) is 2. The molecule has 0 heterocycles. The summed E-state index contributed by atoms with van der Waals surface area (Å²) in [6, 6.07) is 4.45. The summed E-state index contributed by atoms with van der Waals surface area (Å²) in [5, 5.41) is 2.98. The molecule has 0 saturated carbocycles. The lowest BCUT2D eigenvalue weighted by Crippen LogP contribution is -2.33. The van der Waals surface area contributed by atoms with Gasteiger partial charge in [-0.1, -0.05) is 23.2 Å². The van der Waals surface area contributed by atoms with Gasteiger partial charge in [-0.25, -0.2) is 0 Å². The fourth-order valence-corrected chi connectivity index (χ4v) is 1.43. The third kappa shape index (κ3) is 3.42. The smallest absolute Gasteiger partial charge is 0.253 e. The standard InChI is InChI=1S/C9H8Cl2N2O2/c10-5-1-2-6(7(11)3-5)9(15)13-4-8(12)14/h1-3H,4H2,(H2,12,14)(H,13,15). The van der Waals surface area contributed by atoms with Crippen molar-refractivity contribution < 1.29 is 9.59 Å². The Balaban J connectivity index is 2.78. The lowest BCUT2D eigenvalue weighted by Gasteiger charge is -2.04. The number of carbonyl (C=O) groups is 2. The van der Waals surface area contributed by atoms with Gasteiger partial charge in [0.2, 0.25) is 5.91 Å². The zero-order valence-corrected chi connectivity index (χ0v) is 9.10. The predicted octanol–water partition coefficient (Wildman–Crippen LogP) is 1.21. The highest BCUT2D eigenvalue weighted by atomic mass is 35.5. The zero-order chi connectivity index (χ0) is 11.4. The molecule has 0 saturated heterocycles. The Labute approximate surface area is 96.3 Å². The topological polar surface area (TPSA) is 72.2 Å². The Morgan fingerprint density at radius 2 is 2.00 bits per heavy atom. The minimum absolute atomic E-state index is 0.224. The molecule has 0 radical (unpaired) electrons. The van der Waals surface area contributed by atoms with E-state index in [2.05, 4.69) is 5.32 Å². The maximum absolute atomic E-state index is 11.4. The van der Waals surface area contributed by atoms with Crippen molar-refractivity contribution >= 4 is 35.0 Å². The lowest BCUT2D eigenvalue weighted by molar-refractivity contribution is -0.117. The Morgan fingerprint density at radius 1 is 1.33 bits per heavy atom. The van der Waals surface area contributed by atoms with E-state index in [1.165, 1.54) is 18.2 Å². The van der Waals surface area contributed by atoms with Crippen molar-refractivity contribution in [3.05, 3.63) is 33.8 Å². The zero-order valence-electron chi connectivity index (χ0n) is 7.59. The van der Waals surface area contributed by atoms with Gasteiger partial charge < -0.3 is 11.1 Å². The van der Waals surface area contributed by atoms with Crippen LogP contribution >= 0.6 is 23.2 Å². The summed E-state index contributed by atoms with van der Waals surface area (Å²) in [5.41, 5.74) is 5.13. The van der Waals surface area contributed by atoms with E-state index in [-0.39, 0.29) is 17.1 Å². The van der Waals surface area contributed by atoms with E-state index < -0.39 is 11.8 Å². The summed E-state index contributed by atoms with van der Waals surface area (Å²) in [6.45, 7) is -0.224. The van der Waals surface area contributed by atoms with Crippen LogP contribution in [0.15, 0.2) is 18.2 Å². The molecule has 6 heteroatoms. The summed E-state index contributed by atoms with van der Waals surface area (Å²) in [7, 11) is 0. The average molecular weight is 247 g/mol. The Bertz CT molecular complexity index is 407. The molecule has 0 aliphatic rings. The van der Waals surface area contributed by atoms with Gasteiger partial charge in [0.05, 0.1) is 17.1 Å². The largest absolute Gasteiger partial charge is 0.368 e. The number of nitrogens with two attached hydrogens (primary N) is 1. The van der Waals surface area contributed by atoms with Gasteiger partial charge in [-0.2, -0.15) is 0 Å². The molecule has 0 aromatic heterocycles. The van der Waals surface area contributed by atoms with Crippen molar-refractivity contribution in [2.45, 2.75) is 0 Å². The highest BCUT2D eigenvalue weighted by Gasteiger charge is 2.10. The van der Waals surface area contributed by atoms with E-state index in [4.69, 9.17) is 28.9 Å². The second-order valence-electron chi connectivity index (χ2n) is 2.77. The Morgan fingerprint density at radius 3 is 2.53 bits per heavy atom. The van der Waals surface area contributed by atoms with E-state index in [0.717, 1.165) is 0 Å². The van der Waals surface area contributed by atoms with Crippen molar-refractivity contribution in [3.8, 4) is 0 Å². The second kappa shape index (κ2) is 5.00. The SMILES string of the molecule is NC(=O)CNC(=O)c1ccc(Cl)cc1Cl. The molecule has 0 aliphatic carbocycles. The molecule has 0 aliphatic heterocycles. The number of nitrogens with one attached hydrogen (secondary N) is 1.